The molecular formula is C40H42F6N4O6S. The van der Waals surface area contributed by atoms with Crippen LogP contribution in [0.1, 0.15) is 90.3 Å². The minimum absolute atomic E-state index is 0.0378. The number of nitrogens with zero attached hydrogens (tertiary/aromatic N) is 4. The number of pyridine rings is 1. The van der Waals surface area contributed by atoms with E-state index >= 15 is 4.79 Å². The Morgan fingerprint density at radius 3 is 2.35 bits per heavy atom. The maximum atomic E-state index is 15.0. The van der Waals surface area contributed by atoms with E-state index in [4.69, 9.17) is 14.2 Å². The topological polar surface area (TPSA) is 122 Å². The molecule has 0 radical (unpaired) electrons. The van der Waals surface area contributed by atoms with Gasteiger partial charge in [0.05, 0.1) is 48.8 Å². The maximum absolute atomic E-state index is 15.0. The largest absolute Gasteiger partial charge is 0.474 e. The molecule has 10 nitrogen and oxygen atoms in total. The van der Waals surface area contributed by atoms with Crippen LogP contribution >= 0.6 is 11.3 Å². The number of carbonyl (C=O) groups is 3. The molecule has 2 aromatic heterocycles. The highest BCUT2D eigenvalue weighted by Crippen LogP contribution is 2.44. The van der Waals surface area contributed by atoms with Gasteiger partial charge in [-0.25, -0.2) is 0 Å². The molecule has 17 heteroatoms. The molecule has 2 aliphatic heterocycles. The second kappa shape index (κ2) is 16.7. The summed E-state index contributed by atoms with van der Waals surface area (Å²) < 4.78 is 101. The predicted molar refractivity (Wildman–Crippen MR) is 194 cm³/mol. The Morgan fingerprint density at radius 1 is 1.00 bits per heavy atom. The monoisotopic (exact) mass is 820 g/mol. The lowest BCUT2D eigenvalue weighted by molar-refractivity contribution is -0.160. The van der Waals surface area contributed by atoms with Crippen molar-refractivity contribution < 1.29 is 54.9 Å². The van der Waals surface area contributed by atoms with Crippen molar-refractivity contribution in [3.05, 3.63) is 81.3 Å². The van der Waals surface area contributed by atoms with Crippen molar-refractivity contribution >= 4 is 29.1 Å². The third-order valence-corrected chi connectivity index (χ3v) is 12.2. The third kappa shape index (κ3) is 8.48. The first-order chi connectivity index (χ1) is 27.1. The molecule has 3 fully saturated rings. The zero-order chi connectivity index (χ0) is 41.2. The van der Waals surface area contributed by atoms with Gasteiger partial charge in [0.15, 0.2) is 0 Å². The number of hydrogen-bond acceptors (Lipinski definition) is 9. The third-order valence-electron chi connectivity index (χ3n) is 11.3. The zero-order valence-electron chi connectivity index (χ0n) is 31.3. The number of nitriles is 1. The molecule has 1 saturated carbocycles. The Morgan fingerprint density at radius 2 is 1.72 bits per heavy atom. The highest BCUT2D eigenvalue weighted by Gasteiger charge is 2.57. The van der Waals surface area contributed by atoms with Crippen LogP contribution in [0.25, 0.3) is 0 Å². The number of esters is 1. The number of amides is 2. The predicted octanol–water partition coefficient (Wildman–Crippen LogP) is 7.96. The van der Waals surface area contributed by atoms with Crippen molar-refractivity contribution in [3.63, 3.8) is 0 Å². The summed E-state index contributed by atoms with van der Waals surface area (Å²) in [6.07, 6.45) is -6.83. The molecule has 3 aliphatic rings. The van der Waals surface area contributed by atoms with E-state index in [0.717, 1.165) is 45.8 Å². The van der Waals surface area contributed by atoms with Crippen LogP contribution in [-0.4, -0.2) is 77.1 Å². The quantitative estimate of drug-likeness (QED) is 0.141. The zero-order valence-corrected chi connectivity index (χ0v) is 32.1. The fourth-order valence-corrected chi connectivity index (χ4v) is 8.93. The number of carbonyl (C=O) groups excluding carboxylic acids is 3. The first-order valence-electron chi connectivity index (χ1n) is 18.7. The van der Waals surface area contributed by atoms with Gasteiger partial charge in [-0.15, -0.1) is 11.3 Å². The molecule has 4 heterocycles. The summed E-state index contributed by atoms with van der Waals surface area (Å²) in [5.74, 6) is -2.48. The van der Waals surface area contributed by atoms with Crippen molar-refractivity contribution in [3.8, 4) is 11.8 Å². The Kier molecular flexibility index (Phi) is 12.3. The lowest BCUT2D eigenvalue weighted by atomic mass is 9.71. The summed E-state index contributed by atoms with van der Waals surface area (Å²) in [4.78, 5) is 46.4. The van der Waals surface area contributed by atoms with Crippen LogP contribution in [0.15, 0.2) is 54.0 Å². The number of alkyl halides is 6. The smallest absolute Gasteiger partial charge is 0.425 e. The van der Waals surface area contributed by atoms with Crippen LogP contribution in [-0.2, 0) is 43.4 Å². The van der Waals surface area contributed by atoms with Crippen LogP contribution in [0.3, 0.4) is 0 Å². The number of aromatic nitrogens is 1. The van der Waals surface area contributed by atoms with Crippen molar-refractivity contribution in [2.75, 3.05) is 26.7 Å². The van der Waals surface area contributed by atoms with Crippen molar-refractivity contribution in [1.82, 2.24) is 14.8 Å². The standard InChI is InChI=1S/C40H42F6N4O6S/c1-3-8-31-38(56-28-21-32(57-23-28)40(44,45)46,12-7-16-50(31)34(51)33-30(39(41,42)43)11-6-15-48-33)36(53)49-17-13-37(24-47,14-18-49)29-10-5-4-9-25(29)22-55-27-19-26(20-27)35(52)54-2/h4-6,9-11,15,21,23,26-27,31H,3,7-8,12-14,16-20,22H2,1-2H3/t26-,27-,31-,38+/m1/s1. The molecule has 2 amide bonds. The summed E-state index contributed by atoms with van der Waals surface area (Å²) in [5.41, 5.74) is -3.64. The normalized spacial score (nSPS) is 23.6. The molecule has 3 aromatic rings. The van der Waals surface area contributed by atoms with E-state index in [2.05, 4.69) is 11.1 Å². The number of halogens is 6. The van der Waals surface area contributed by atoms with E-state index < -0.39 is 57.4 Å². The van der Waals surface area contributed by atoms with Crippen LogP contribution in [0.4, 0.5) is 26.3 Å². The summed E-state index contributed by atoms with van der Waals surface area (Å²) in [6.45, 7) is 1.98. The number of thiophene rings is 1. The van der Waals surface area contributed by atoms with E-state index in [1.807, 2.05) is 18.2 Å². The Balaban J connectivity index is 1.29. The molecule has 0 N–H and O–H groups in total. The summed E-state index contributed by atoms with van der Waals surface area (Å²) in [6, 6.07) is 11.2. The van der Waals surface area contributed by atoms with E-state index in [9.17, 15) is 41.2 Å². The van der Waals surface area contributed by atoms with Gasteiger partial charge in [-0.2, -0.15) is 31.6 Å². The second-order valence-electron chi connectivity index (χ2n) is 14.7. The molecule has 1 aliphatic carbocycles. The fourth-order valence-electron chi connectivity index (χ4n) is 8.26. The minimum Gasteiger partial charge on any atom is -0.474 e. The lowest BCUT2D eigenvalue weighted by Crippen LogP contribution is -2.68. The number of piperidine rings is 2. The van der Waals surface area contributed by atoms with Gasteiger partial charge in [-0.05, 0) is 61.8 Å². The summed E-state index contributed by atoms with van der Waals surface area (Å²) in [7, 11) is 1.34. The van der Waals surface area contributed by atoms with Crippen molar-refractivity contribution in [1.29, 1.82) is 5.26 Å². The minimum atomic E-state index is -4.92. The van der Waals surface area contributed by atoms with Gasteiger partial charge >= 0.3 is 18.3 Å². The number of methoxy groups -OCH3 is 1. The molecule has 2 atom stereocenters. The molecule has 57 heavy (non-hydrogen) atoms. The Labute approximate surface area is 329 Å². The van der Waals surface area contributed by atoms with E-state index in [0.29, 0.717) is 30.6 Å². The van der Waals surface area contributed by atoms with Crippen molar-refractivity contribution in [2.24, 2.45) is 5.92 Å². The van der Waals surface area contributed by atoms with Gasteiger partial charge in [0.2, 0.25) is 5.60 Å². The van der Waals surface area contributed by atoms with E-state index in [-0.39, 0.29) is 82.1 Å². The molecule has 0 spiro atoms. The Bertz CT molecular complexity index is 1980. The summed E-state index contributed by atoms with van der Waals surface area (Å²) >= 11 is 0.372. The molecular weight excluding hydrogens is 779 g/mol. The number of benzene rings is 1. The number of likely N-dealkylation sites (tertiary alicyclic amines) is 2. The van der Waals surface area contributed by atoms with Crippen LogP contribution in [0.2, 0.25) is 0 Å². The molecule has 6 rings (SSSR count). The molecule has 0 unspecified atom stereocenters. The lowest BCUT2D eigenvalue weighted by Gasteiger charge is -2.51. The SMILES string of the molecule is CCC[C@H]1N(C(=O)c2ncccc2C(F)(F)F)CCC[C@@]1(Oc1csc(C(F)(F)F)c1)C(=O)N1CCC(C#N)(c2ccccc2CO[C@H]2C[C@H](C(=O)OC)C2)CC1. The van der Waals surface area contributed by atoms with Gasteiger partial charge in [-0.1, -0.05) is 37.6 Å². The van der Waals surface area contributed by atoms with Crippen LogP contribution in [0.5, 0.6) is 5.75 Å². The molecule has 2 saturated heterocycles. The average molecular weight is 821 g/mol. The number of rotatable bonds is 11. The highest BCUT2D eigenvalue weighted by molar-refractivity contribution is 7.10. The maximum Gasteiger partial charge on any atom is 0.425 e. The average Bonchev–Trinajstić information content (AvgIpc) is 3.66. The number of hydrogen-bond donors (Lipinski definition) is 0. The van der Waals surface area contributed by atoms with E-state index in [1.165, 1.54) is 12.0 Å². The highest BCUT2D eigenvalue weighted by atomic mass is 32.1. The van der Waals surface area contributed by atoms with Gasteiger partial charge < -0.3 is 24.0 Å². The van der Waals surface area contributed by atoms with Gasteiger partial charge in [0.1, 0.15) is 16.3 Å². The summed E-state index contributed by atoms with van der Waals surface area (Å²) in [5, 5.41) is 11.8. The molecule has 0 bridgehead atoms. The fraction of sp³-hybridized carbons (Fsp3) is 0.525. The van der Waals surface area contributed by atoms with E-state index in [1.54, 1.807) is 13.0 Å². The van der Waals surface area contributed by atoms with Gasteiger partial charge in [-0.3, -0.25) is 19.4 Å². The first kappa shape index (κ1) is 41.9. The van der Waals surface area contributed by atoms with Crippen LogP contribution in [0, 0.1) is 17.2 Å². The Hall–Kier alpha value is -4.69. The number of ether oxygens (including phenoxy) is 3. The molecule has 306 valence electrons. The molecule has 1 aromatic carbocycles. The van der Waals surface area contributed by atoms with Crippen LogP contribution < -0.4 is 4.74 Å². The van der Waals surface area contributed by atoms with Gasteiger partial charge in [0, 0.05) is 43.7 Å². The van der Waals surface area contributed by atoms with Gasteiger partial charge in [0.25, 0.3) is 11.8 Å². The first-order valence-corrected chi connectivity index (χ1v) is 19.6. The second-order valence-corrected chi connectivity index (χ2v) is 15.6. The van der Waals surface area contributed by atoms with Crippen molar-refractivity contribution in [2.45, 2.75) is 100 Å².